The van der Waals surface area contributed by atoms with Crippen LogP contribution in [0.4, 0.5) is 5.95 Å². The number of aliphatic hydroxyl groups excluding tert-OH is 9. The number of hydrogen-bond donors (Lipinski definition) is 12. The van der Waals surface area contributed by atoms with Gasteiger partial charge in [0.25, 0.3) is 13.4 Å². The number of H-pyrrole nitrogens is 1. The molecule has 57 heavy (non-hydrogen) atoms. The number of nitrogens with zero attached hydrogens (tertiary/aromatic N) is 6. The van der Waals surface area contributed by atoms with Gasteiger partial charge in [-0.2, -0.15) is 4.98 Å². The Morgan fingerprint density at radius 3 is 2.21 bits per heavy atom. The van der Waals surface area contributed by atoms with Crippen molar-refractivity contribution >= 4 is 32.8 Å². The van der Waals surface area contributed by atoms with Gasteiger partial charge in [0.05, 0.1) is 32.3 Å². The number of fused-ring (bicyclic) bond motifs is 1. The van der Waals surface area contributed by atoms with Crippen LogP contribution in [0.25, 0.3) is 11.2 Å². The van der Waals surface area contributed by atoms with Gasteiger partial charge in [-0.15, -0.1) is 5.10 Å². The summed E-state index contributed by atoms with van der Waals surface area (Å²) in [5, 5.41) is 99.6. The fraction of sp³-hybridized carbons (Fsp3) is 0.720. The fourth-order valence-electron chi connectivity index (χ4n) is 6.00. The summed E-state index contributed by atoms with van der Waals surface area (Å²) in [5.74, 6) is -0.297. The summed E-state index contributed by atoms with van der Waals surface area (Å²) in [5.41, 5.74) is 4.23. The van der Waals surface area contributed by atoms with Crippen molar-refractivity contribution in [3.8, 4) is 0 Å². The average molecular weight is 871 g/mol. The van der Waals surface area contributed by atoms with Gasteiger partial charge in [0.1, 0.15) is 79.4 Å². The number of hydrogen-bond acceptors (Lipinski definition) is 25. The van der Waals surface area contributed by atoms with Gasteiger partial charge in [-0.05, 0) is 0 Å². The molecule has 0 amide bonds. The Bertz CT molecular complexity index is 1990. The van der Waals surface area contributed by atoms with E-state index in [0.717, 1.165) is 21.8 Å². The van der Waals surface area contributed by atoms with Crippen LogP contribution in [0.15, 0.2) is 17.3 Å². The molecule has 13 N–H and O–H groups in total. The zero-order valence-corrected chi connectivity index (χ0v) is 33.0. The van der Waals surface area contributed by atoms with Gasteiger partial charge >= 0.3 is 37.4 Å². The number of nitrogens with one attached hydrogen (secondary N) is 1. The number of phosphoric ester groups is 2. The Labute approximate surface area is 339 Å². The first-order chi connectivity index (χ1) is 26.3. The summed E-state index contributed by atoms with van der Waals surface area (Å²) < 4.78 is 62.0. The van der Waals surface area contributed by atoms with Crippen LogP contribution >= 0.6 is 15.6 Å². The van der Waals surface area contributed by atoms with Gasteiger partial charge in [0.15, 0.2) is 29.9 Å². The summed E-state index contributed by atoms with van der Waals surface area (Å²) in [6.45, 7) is -3.65. The number of ether oxygens (including phenoxy) is 4. The molecule has 6 heterocycles. The first-order valence-corrected chi connectivity index (χ1v) is 19.2. The van der Waals surface area contributed by atoms with Gasteiger partial charge in [-0.1, -0.05) is 5.21 Å². The number of nitrogens with two attached hydrogens (primary N) is 1. The van der Waals surface area contributed by atoms with Gasteiger partial charge in [0, 0.05) is 0 Å². The number of nitrogen functional groups attached to an aromatic ring is 1. The third-order valence-corrected chi connectivity index (χ3v) is 11.4. The molecular weight excluding hydrogens is 833 g/mol. The SMILES string of the molecule is Nc1nc2c(ncn2[C@@H]2O[C@H](COP(=O)([O-])OP(=O)(O)OCc3cn([C@@H]4O[C@H](CO)[C@@H](O[C@@H]5O[C@H](CO)[C@H](O)[C@H](O)[C@H]5O)[C@H](O)[C@H]4O)nn3)[C@@H](O)[C@H]2O)c(=O)[nH]1.[Na+]. The number of aliphatic hydroxyl groups is 9. The number of phosphoric acid groups is 2. The van der Waals surface area contributed by atoms with Crippen LogP contribution in [0.1, 0.15) is 18.1 Å². The predicted octanol–water partition coefficient (Wildman–Crippen LogP) is -10.5. The van der Waals surface area contributed by atoms with E-state index in [1.54, 1.807) is 0 Å². The Morgan fingerprint density at radius 1 is 0.877 bits per heavy atom. The molecule has 3 aromatic heterocycles. The molecule has 3 saturated heterocycles. The summed E-state index contributed by atoms with van der Waals surface area (Å²) in [7, 11) is -11.2. The van der Waals surface area contributed by atoms with Gasteiger partial charge in [-0.25, -0.2) is 18.5 Å². The second-order valence-electron chi connectivity index (χ2n) is 12.6. The molecule has 0 aliphatic carbocycles. The molecule has 0 aromatic carbocycles. The summed E-state index contributed by atoms with van der Waals surface area (Å²) in [6, 6.07) is 0. The molecule has 0 bridgehead atoms. The smallest absolute Gasteiger partial charge is 0.756 e. The Kier molecular flexibility index (Phi) is 14.8. The molecule has 3 aromatic rings. The molecule has 29 nitrogen and oxygen atoms in total. The predicted molar refractivity (Wildman–Crippen MR) is 169 cm³/mol. The molecule has 6 rings (SSSR count). The van der Waals surface area contributed by atoms with Crippen LogP contribution in [-0.2, 0) is 48.0 Å². The summed E-state index contributed by atoms with van der Waals surface area (Å²) >= 11 is 0. The second kappa shape index (κ2) is 18.3. The van der Waals surface area contributed by atoms with Crippen LogP contribution in [0.5, 0.6) is 0 Å². The number of imidazole rings is 1. The van der Waals surface area contributed by atoms with Crippen LogP contribution < -0.4 is 45.7 Å². The maximum Gasteiger partial charge on any atom is 1.00 e. The van der Waals surface area contributed by atoms with Crippen LogP contribution in [0, 0.1) is 0 Å². The molecule has 16 atom stereocenters. The third-order valence-electron chi connectivity index (χ3n) is 8.84. The molecular formula is C25H37N8NaO21P2. The van der Waals surface area contributed by atoms with Gasteiger partial charge in [0.2, 0.25) is 5.95 Å². The van der Waals surface area contributed by atoms with Gasteiger partial charge < -0.3 is 85.0 Å². The van der Waals surface area contributed by atoms with E-state index in [4.69, 9.17) is 24.7 Å². The van der Waals surface area contributed by atoms with Crippen LogP contribution in [0.2, 0.25) is 0 Å². The zero-order valence-electron chi connectivity index (χ0n) is 29.2. The van der Waals surface area contributed by atoms with E-state index >= 15 is 0 Å². The molecule has 0 spiro atoms. The van der Waals surface area contributed by atoms with E-state index in [1.165, 1.54) is 0 Å². The zero-order chi connectivity index (χ0) is 40.9. The fourth-order valence-corrected chi connectivity index (χ4v) is 8.02. The van der Waals surface area contributed by atoms with E-state index in [0.29, 0.717) is 0 Å². The van der Waals surface area contributed by atoms with E-state index < -0.39 is 134 Å². The molecule has 32 heteroatoms. The molecule has 0 saturated carbocycles. The maximum atomic E-state index is 12.5. The molecule has 0 radical (unpaired) electrons. The minimum Gasteiger partial charge on any atom is -0.756 e. The molecule has 314 valence electrons. The monoisotopic (exact) mass is 870 g/mol. The summed E-state index contributed by atoms with van der Waals surface area (Å²) in [6.07, 6.45) is -21.6. The molecule has 3 aliphatic heterocycles. The van der Waals surface area contributed by atoms with Crippen molar-refractivity contribution in [1.82, 2.24) is 34.5 Å². The van der Waals surface area contributed by atoms with Crippen molar-refractivity contribution in [3.63, 3.8) is 0 Å². The van der Waals surface area contributed by atoms with Crippen molar-refractivity contribution in [1.29, 1.82) is 0 Å². The van der Waals surface area contributed by atoms with Crippen molar-refractivity contribution in [3.05, 3.63) is 28.6 Å². The molecule has 3 aliphatic rings. The number of anilines is 1. The van der Waals surface area contributed by atoms with Crippen LogP contribution in [-0.4, -0.2) is 179 Å². The van der Waals surface area contributed by atoms with Crippen molar-refractivity contribution < 1.29 is 127 Å². The van der Waals surface area contributed by atoms with E-state index in [9.17, 15) is 69.7 Å². The first kappa shape index (κ1) is 46.1. The minimum atomic E-state index is -5.72. The van der Waals surface area contributed by atoms with Crippen molar-refractivity contribution in [2.75, 3.05) is 25.6 Å². The Morgan fingerprint density at radius 2 is 1.53 bits per heavy atom. The first-order valence-electron chi connectivity index (χ1n) is 16.2. The number of rotatable bonds is 14. The average Bonchev–Trinajstić information content (AvgIpc) is 3.86. The number of aromatic amines is 1. The van der Waals surface area contributed by atoms with Gasteiger partial charge in [-0.3, -0.25) is 23.4 Å². The largest absolute Gasteiger partial charge is 1.00 e. The Balaban J connectivity index is 0.00000620. The van der Waals surface area contributed by atoms with E-state index in [2.05, 4.69) is 38.6 Å². The topological polar surface area (TPSA) is 444 Å². The molecule has 3 fully saturated rings. The van der Waals surface area contributed by atoms with Crippen molar-refractivity contribution in [2.24, 2.45) is 0 Å². The quantitative estimate of drug-likeness (QED) is 0.0528. The standard InChI is InChI=1S/C25H38N8O21P2.Na/c26-25-28-20-11(21(43)29-25)27-6-32(20)22-16(40)13(37)10(51-22)5-49-56(46,47)54-55(44,45)48-4-7-1-33(31-30-7)23-17(41)15(39)19(9(3-35)50-23)53-24-18(42)14(38)12(36)8(2-34)52-24;/h1,6,8-10,12-19,22-24,34-42H,2-5H2,(H,44,45)(H,46,47)(H3,26,28,29,43);/q;+1/p-1/t8-,9-,10-,12+,13-,14+,15-,16-,17-,18-,19-,22-,23-,24+;/m1./s1. The second-order valence-corrected chi connectivity index (χ2v) is 15.6. The van der Waals surface area contributed by atoms with Crippen LogP contribution in [0.3, 0.4) is 0 Å². The van der Waals surface area contributed by atoms with E-state index in [1.807, 2.05) is 0 Å². The minimum absolute atomic E-state index is 0. The normalized spacial score (nSPS) is 36.8. The summed E-state index contributed by atoms with van der Waals surface area (Å²) in [4.78, 5) is 44.6. The number of aromatic nitrogens is 7. The molecule has 2 unspecified atom stereocenters. The maximum absolute atomic E-state index is 12.5. The van der Waals surface area contributed by atoms with E-state index in [-0.39, 0.29) is 52.4 Å². The van der Waals surface area contributed by atoms with Crippen molar-refractivity contribution in [2.45, 2.75) is 92.5 Å². The Hall–Kier alpha value is -1.97. The third kappa shape index (κ3) is 9.82.